The summed E-state index contributed by atoms with van der Waals surface area (Å²) >= 11 is 6.57. The van der Waals surface area contributed by atoms with Crippen LogP contribution in [0.5, 0.6) is 5.75 Å². The first-order valence-electron chi connectivity index (χ1n) is 5.56. The van der Waals surface area contributed by atoms with Crippen molar-refractivity contribution >= 4 is 37.8 Å². The van der Waals surface area contributed by atoms with Crippen LogP contribution in [0, 0.1) is 0 Å². The number of nitrogens with one attached hydrogen (secondary N) is 1. The van der Waals surface area contributed by atoms with E-state index in [0.29, 0.717) is 28.6 Å². The first kappa shape index (κ1) is 15.5. The number of amides is 1. The smallest absolute Gasteiger partial charge is 0.234 e. The minimum absolute atomic E-state index is 0.0110. The van der Waals surface area contributed by atoms with Crippen molar-refractivity contribution < 1.29 is 9.90 Å². The Balaban J connectivity index is 2.65. The molecule has 0 atom stereocenters. The van der Waals surface area contributed by atoms with Crippen LogP contribution in [0.15, 0.2) is 21.1 Å². The first-order chi connectivity index (χ1) is 8.43. The Morgan fingerprint density at radius 3 is 2.44 bits per heavy atom. The summed E-state index contributed by atoms with van der Waals surface area (Å²) in [4.78, 5) is 13.3. The second-order valence-electron chi connectivity index (χ2n) is 4.03. The van der Waals surface area contributed by atoms with Gasteiger partial charge in [0.15, 0.2) is 0 Å². The molecule has 0 saturated heterocycles. The molecule has 0 saturated carbocycles. The summed E-state index contributed by atoms with van der Waals surface area (Å²) in [7, 11) is 1.88. The van der Waals surface area contributed by atoms with E-state index in [1.807, 2.05) is 31.0 Å². The van der Waals surface area contributed by atoms with Crippen molar-refractivity contribution in [3.05, 3.63) is 26.6 Å². The van der Waals surface area contributed by atoms with Crippen LogP contribution in [-0.2, 0) is 11.3 Å². The fourth-order valence-electron chi connectivity index (χ4n) is 1.58. The van der Waals surface area contributed by atoms with Crippen LogP contribution < -0.4 is 5.32 Å². The van der Waals surface area contributed by atoms with Gasteiger partial charge in [-0.05, 0) is 63.5 Å². The fourth-order valence-corrected chi connectivity index (χ4v) is 2.86. The van der Waals surface area contributed by atoms with Crippen molar-refractivity contribution in [2.24, 2.45) is 0 Å². The minimum atomic E-state index is 0.0110. The number of carbonyl (C=O) groups excluding carboxylic acids is 1. The van der Waals surface area contributed by atoms with Crippen LogP contribution in [0.4, 0.5) is 0 Å². The van der Waals surface area contributed by atoms with Crippen molar-refractivity contribution in [2.45, 2.75) is 13.5 Å². The maximum absolute atomic E-state index is 11.4. The van der Waals surface area contributed by atoms with Gasteiger partial charge < -0.3 is 10.4 Å². The third kappa shape index (κ3) is 4.59. The van der Waals surface area contributed by atoms with Gasteiger partial charge in [-0.2, -0.15) is 0 Å². The van der Waals surface area contributed by atoms with Crippen LogP contribution in [-0.4, -0.2) is 36.1 Å². The van der Waals surface area contributed by atoms with E-state index in [1.54, 1.807) is 0 Å². The Kier molecular flexibility index (Phi) is 6.11. The Morgan fingerprint density at radius 1 is 1.39 bits per heavy atom. The number of nitrogens with zero attached hydrogens (tertiary/aromatic N) is 1. The van der Waals surface area contributed by atoms with Gasteiger partial charge in [0.2, 0.25) is 5.91 Å². The predicted octanol–water partition coefficient (Wildman–Crippen LogP) is 2.49. The fraction of sp³-hybridized carbons (Fsp3) is 0.417. The van der Waals surface area contributed by atoms with Crippen LogP contribution in [0.1, 0.15) is 12.5 Å². The Morgan fingerprint density at radius 2 is 1.94 bits per heavy atom. The molecule has 18 heavy (non-hydrogen) atoms. The minimum Gasteiger partial charge on any atom is -0.506 e. The molecule has 0 aromatic heterocycles. The van der Waals surface area contributed by atoms with E-state index < -0.39 is 0 Å². The zero-order valence-electron chi connectivity index (χ0n) is 10.3. The highest BCUT2D eigenvalue weighted by Crippen LogP contribution is 2.33. The largest absolute Gasteiger partial charge is 0.506 e. The summed E-state index contributed by atoms with van der Waals surface area (Å²) in [6, 6.07) is 3.68. The van der Waals surface area contributed by atoms with Gasteiger partial charge in [0.25, 0.3) is 0 Å². The standard InChI is InChI=1S/C12H16Br2N2O2/c1-3-15-11(17)7-16(2)6-8-4-9(13)12(18)10(14)5-8/h4-5,18H,3,6-7H2,1-2H3,(H,15,17). The zero-order chi connectivity index (χ0) is 13.7. The van der Waals surface area contributed by atoms with Crippen molar-refractivity contribution in [1.29, 1.82) is 0 Å². The molecular formula is C12H16Br2N2O2. The van der Waals surface area contributed by atoms with Crippen molar-refractivity contribution in [1.82, 2.24) is 10.2 Å². The molecule has 0 aliphatic carbocycles. The molecule has 1 aromatic rings. The molecule has 0 aliphatic heterocycles. The van der Waals surface area contributed by atoms with E-state index in [4.69, 9.17) is 0 Å². The van der Waals surface area contributed by atoms with Crippen LogP contribution in [0.3, 0.4) is 0 Å². The van der Waals surface area contributed by atoms with Crippen LogP contribution >= 0.6 is 31.9 Å². The van der Waals surface area contributed by atoms with Crippen molar-refractivity contribution in [3.63, 3.8) is 0 Å². The van der Waals surface area contributed by atoms with Crippen LogP contribution in [0.2, 0.25) is 0 Å². The molecule has 0 spiro atoms. The number of halogens is 2. The van der Waals surface area contributed by atoms with E-state index in [9.17, 15) is 9.90 Å². The van der Waals surface area contributed by atoms with Gasteiger partial charge in [-0.15, -0.1) is 0 Å². The molecule has 2 N–H and O–H groups in total. The van der Waals surface area contributed by atoms with E-state index >= 15 is 0 Å². The van der Waals surface area contributed by atoms with E-state index in [2.05, 4.69) is 37.2 Å². The topological polar surface area (TPSA) is 52.6 Å². The van der Waals surface area contributed by atoms with Gasteiger partial charge in [-0.1, -0.05) is 0 Å². The molecule has 6 heteroatoms. The molecule has 1 amide bonds. The Hall–Kier alpha value is -0.590. The average molecular weight is 380 g/mol. The summed E-state index contributed by atoms with van der Waals surface area (Å²) in [6.45, 7) is 3.52. The van der Waals surface area contributed by atoms with Gasteiger partial charge in [0.1, 0.15) is 5.75 Å². The average Bonchev–Trinajstić information content (AvgIpc) is 2.25. The number of benzene rings is 1. The van der Waals surface area contributed by atoms with Crippen molar-refractivity contribution in [2.75, 3.05) is 20.1 Å². The number of aromatic hydroxyl groups is 1. The molecule has 100 valence electrons. The maximum Gasteiger partial charge on any atom is 0.234 e. The van der Waals surface area contributed by atoms with Crippen molar-refractivity contribution in [3.8, 4) is 5.75 Å². The second-order valence-corrected chi connectivity index (χ2v) is 5.74. The Bertz CT molecular complexity index is 415. The zero-order valence-corrected chi connectivity index (χ0v) is 13.5. The molecular weight excluding hydrogens is 364 g/mol. The molecule has 0 bridgehead atoms. The van der Waals surface area contributed by atoms with Gasteiger partial charge in [-0.25, -0.2) is 0 Å². The quantitative estimate of drug-likeness (QED) is 0.826. The number of carbonyl (C=O) groups is 1. The number of hydrogen-bond acceptors (Lipinski definition) is 3. The van der Waals surface area contributed by atoms with E-state index in [-0.39, 0.29) is 11.7 Å². The van der Waals surface area contributed by atoms with Gasteiger partial charge in [0, 0.05) is 13.1 Å². The molecule has 0 heterocycles. The Labute approximate surface area is 124 Å². The molecule has 0 fully saturated rings. The molecule has 0 unspecified atom stereocenters. The van der Waals surface area contributed by atoms with Gasteiger partial charge in [0.05, 0.1) is 15.5 Å². The second kappa shape index (κ2) is 7.11. The number of hydrogen-bond donors (Lipinski definition) is 2. The molecule has 1 rings (SSSR count). The predicted molar refractivity (Wildman–Crippen MR) is 78.5 cm³/mol. The van der Waals surface area contributed by atoms with Gasteiger partial charge >= 0.3 is 0 Å². The molecule has 0 aliphatic rings. The maximum atomic E-state index is 11.4. The summed E-state index contributed by atoms with van der Waals surface area (Å²) in [5.41, 5.74) is 1.01. The summed E-state index contributed by atoms with van der Waals surface area (Å²) < 4.78 is 1.27. The third-order valence-electron chi connectivity index (χ3n) is 2.32. The van der Waals surface area contributed by atoms with E-state index in [0.717, 1.165) is 5.56 Å². The first-order valence-corrected chi connectivity index (χ1v) is 7.14. The lowest BCUT2D eigenvalue weighted by Gasteiger charge is -2.16. The van der Waals surface area contributed by atoms with Gasteiger partial charge in [-0.3, -0.25) is 9.69 Å². The lowest BCUT2D eigenvalue weighted by atomic mass is 10.2. The molecule has 0 radical (unpaired) electrons. The normalized spacial score (nSPS) is 10.7. The van der Waals surface area contributed by atoms with E-state index in [1.165, 1.54) is 0 Å². The van der Waals surface area contributed by atoms with Crippen LogP contribution in [0.25, 0.3) is 0 Å². The number of rotatable bonds is 5. The highest BCUT2D eigenvalue weighted by Gasteiger charge is 2.09. The number of likely N-dealkylation sites (N-methyl/N-ethyl adjacent to an activating group) is 2. The lowest BCUT2D eigenvalue weighted by Crippen LogP contribution is -2.34. The molecule has 4 nitrogen and oxygen atoms in total. The molecule has 1 aromatic carbocycles. The summed E-state index contributed by atoms with van der Waals surface area (Å²) in [6.07, 6.45) is 0. The highest BCUT2D eigenvalue weighted by molar-refractivity contribution is 9.11. The monoisotopic (exact) mass is 378 g/mol. The number of phenolic OH excluding ortho intramolecular Hbond substituents is 1. The highest BCUT2D eigenvalue weighted by atomic mass is 79.9. The third-order valence-corrected chi connectivity index (χ3v) is 3.53. The lowest BCUT2D eigenvalue weighted by molar-refractivity contribution is -0.121. The SMILES string of the molecule is CCNC(=O)CN(C)Cc1cc(Br)c(O)c(Br)c1. The number of phenols is 1. The summed E-state index contributed by atoms with van der Waals surface area (Å²) in [5, 5.41) is 12.4. The summed E-state index contributed by atoms with van der Waals surface area (Å²) in [5.74, 6) is 0.196.